The van der Waals surface area contributed by atoms with E-state index in [1.807, 2.05) is 36.4 Å². The first-order valence-electron chi connectivity index (χ1n) is 8.68. The molecule has 1 aliphatic rings. The van der Waals surface area contributed by atoms with E-state index in [2.05, 4.69) is 10.0 Å². The summed E-state index contributed by atoms with van der Waals surface area (Å²) in [6.45, 7) is 7.98. The van der Waals surface area contributed by atoms with Gasteiger partial charge in [0.25, 0.3) is 5.54 Å². The molecule has 4 rings (SSSR count). The number of benzene rings is 2. The van der Waals surface area contributed by atoms with Crippen LogP contribution in [-0.4, -0.2) is 19.9 Å². The summed E-state index contributed by atoms with van der Waals surface area (Å²) in [7, 11) is 3.20. The Morgan fingerprint density at radius 2 is 1.88 bits per heavy atom. The quantitative estimate of drug-likeness (QED) is 0.477. The fourth-order valence-electron chi connectivity index (χ4n) is 3.97. The van der Waals surface area contributed by atoms with E-state index in [9.17, 15) is 0 Å². The number of rotatable bonds is 3. The van der Waals surface area contributed by atoms with Crippen molar-refractivity contribution in [2.24, 2.45) is 5.16 Å². The Hall–Kier alpha value is -3.00. The second-order valence-corrected chi connectivity index (χ2v) is 6.60. The Morgan fingerprint density at radius 1 is 1.12 bits per heavy atom. The number of ether oxygens (including phenoxy) is 1. The molecule has 0 aliphatic heterocycles. The van der Waals surface area contributed by atoms with E-state index in [0.29, 0.717) is 11.3 Å². The van der Waals surface area contributed by atoms with Crippen molar-refractivity contribution in [1.82, 2.24) is 0 Å². The van der Waals surface area contributed by atoms with Crippen LogP contribution in [0.25, 0.3) is 26.8 Å². The highest BCUT2D eigenvalue weighted by atomic mass is 16.6. The molecular formula is C21H20N2O3. The maximum absolute atomic E-state index is 7.98. The van der Waals surface area contributed by atoms with E-state index in [4.69, 9.17) is 20.6 Å². The van der Waals surface area contributed by atoms with Crippen LogP contribution in [0, 0.1) is 6.57 Å². The van der Waals surface area contributed by atoms with Gasteiger partial charge in [-0.05, 0) is 31.0 Å². The average Bonchev–Trinajstić information content (AvgIpc) is 3.08. The highest BCUT2D eigenvalue weighted by Gasteiger charge is 2.44. The largest absolute Gasteiger partial charge is 0.493 e. The first kappa shape index (κ1) is 16.5. The lowest BCUT2D eigenvalue weighted by atomic mass is 9.75. The SMILES string of the molecule is [C-]#[N+]C1(c2ccc(OC)c3oc4ccccc4c23)CCC(=NOC)CC1. The lowest BCUT2D eigenvalue weighted by molar-refractivity contribution is 0.209. The highest BCUT2D eigenvalue weighted by Crippen LogP contribution is 2.47. The number of oxime groups is 1. The van der Waals surface area contributed by atoms with Crippen LogP contribution in [0.4, 0.5) is 0 Å². The van der Waals surface area contributed by atoms with E-state index in [1.54, 1.807) is 14.2 Å². The number of hydrogen-bond donors (Lipinski definition) is 0. The monoisotopic (exact) mass is 348 g/mol. The third-order valence-corrected chi connectivity index (χ3v) is 5.30. The van der Waals surface area contributed by atoms with Gasteiger partial charge < -0.3 is 18.8 Å². The average molecular weight is 348 g/mol. The minimum atomic E-state index is -0.579. The van der Waals surface area contributed by atoms with Crippen molar-refractivity contribution in [2.45, 2.75) is 31.2 Å². The molecular weight excluding hydrogens is 328 g/mol. The molecule has 0 saturated heterocycles. The molecule has 0 unspecified atom stereocenters. The van der Waals surface area contributed by atoms with Crippen molar-refractivity contribution in [2.75, 3.05) is 14.2 Å². The molecule has 0 N–H and O–H groups in total. The van der Waals surface area contributed by atoms with Crippen LogP contribution in [0.3, 0.4) is 0 Å². The Balaban J connectivity index is 1.94. The fourth-order valence-corrected chi connectivity index (χ4v) is 3.97. The molecule has 2 aromatic carbocycles. The summed E-state index contributed by atoms with van der Waals surface area (Å²) >= 11 is 0. The third kappa shape index (κ3) is 2.41. The van der Waals surface area contributed by atoms with Crippen molar-refractivity contribution in [3.63, 3.8) is 0 Å². The van der Waals surface area contributed by atoms with Crippen LogP contribution in [-0.2, 0) is 10.4 Å². The summed E-state index contributed by atoms with van der Waals surface area (Å²) in [5.74, 6) is 0.692. The molecule has 26 heavy (non-hydrogen) atoms. The van der Waals surface area contributed by atoms with Gasteiger partial charge in [-0.2, -0.15) is 0 Å². The second-order valence-electron chi connectivity index (χ2n) is 6.60. The molecule has 1 saturated carbocycles. The molecule has 0 bridgehead atoms. The molecule has 1 heterocycles. The maximum atomic E-state index is 7.98. The summed E-state index contributed by atoms with van der Waals surface area (Å²) < 4.78 is 11.6. The summed E-state index contributed by atoms with van der Waals surface area (Å²) in [4.78, 5) is 9.02. The van der Waals surface area contributed by atoms with E-state index in [-0.39, 0.29) is 0 Å². The summed E-state index contributed by atoms with van der Waals surface area (Å²) in [5, 5.41) is 6.09. The van der Waals surface area contributed by atoms with Gasteiger partial charge in [0, 0.05) is 29.2 Å². The van der Waals surface area contributed by atoms with Crippen molar-refractivity contribution in [3.8, 4) is 5.75 Å². The predicted octanol–water partition coefficient (Wildman–Crippen LogP) is 5.29. The molecule has 3 aromatic rings. The topological polar surface area (TPSA) is 48.3 Å². The van der Waals surface area contributed by atoms with Crippen molar-refractivity contribution >= 4 is 27.7 Å². The summed E-state index contributed by atoms with van der Waals surface area (Å²) in [5.41, 5.74) is 2.99. The predicted molar refractivity (Wildman–Crippen MR) is 101 cm³/mol. The summed E-state index contributed by atoms with van der Waals surface area (Å²) in [6.07, 6.45) is 2.97. The Labute approximate surface area is 152 Å². The van der Waals surface area contributed by atoms with Crippen LogP contribution < -0.4 is 4.74 Å². The Kier molecular flexibility index (Phi) is 4.04. The zero-order valence-electron chi connectivity index (χ0n) is 14.9. The van der Waals surface area contributed by atoms with Crippen molar-refractivity contribution < 1.29 is 14.0 Å². The Bertz CT molecular complexity index is 1030. The lowest BCUT2D eigenvalue weighted by Crippen LogP contribution is -2.29. The molecule has 0 spiro atoms. The van der Waals surface area contributed by atoms with Gasteiger partial charge in [-0.25, -0.2) is 6.57 Å². The van der Waals surface area contributed by atoms with Crippen molar-refractivity contribution in [1.29, 1.82) is 0 Å². The van der Waals surface area contributed by atoms with Gasteiger partial charge in [0.05, 0.1) is 12.8 Å². The van der Waals surface area contributed by atoms with Crippen LogP contribution in [0.1, 0.15) is 31.2 Å². The first-order valence-corrected chi connectivity index (χ1v) is 8.68. The minimum Gasteiger partial charge on any atom is -0.493 e. The van der Waals surface area contributed by atoms with Gasteiger partial charge in [0.2, 0.25) is 0 Å². The normalized spacial score (nSPS) is 20.1. The van der Waals surface area contributed by atoms with Gasteiger partial charge in [0.15, 0.2) is 11.3 Å². The van der Waals surface area contributed by atoms with E-state index in [0.717, 1.165) is 53.3 Å². The lowest BCUT2D eigenvalue weighted by Gasteiger charge is -2.27. The zero-order chi connectivity index (χ0) is 18.1. The van der Waals surface area contributed by atoms with Crippen LogP contribution in [0.5, 0.6) is 5.75 Å². The number of methoxy groups -OCH3 is 1. The van der Waals surface area contributed by atoms with Gasteiger partial charge in [0.1, 0.15) is 12.7 Å². The van der Waals surface area contributed by atoms with Gasteiger partial charge in [-0.15, -0.1) is 0 Å². The molecule has 1 aromatic heterocycles. The Morgan fingerprint density at radius 3 is 2.58 bits per heavy atom. The van der Waals surface area contributed by atoms with Gasteiger partial charge in [-0.3, -0.25) is 0 Å². The smallest absolute Gasteiger partial charge is 0.259 e. The summed E-state index contributed by atoms with van der Waals surface area (Å²) in [6, 6.07) is 11.9. The number of nitrogens with zero attached hydrogens (tertiary/aromatic N) is 2. The van der Waals surface area contributed by atoms with E-state index < -0.39 is 5.54 Å². The van der Waals surface area contributed by atoms with Crippen LogP contribution in [0.2, 0.25) is 0 Å². The number of hydrogen-bond acceptors (Lipinski definition) is 4. The molecule has 0 amide bonds. The standard InChI is InChI=1S/C21H20N2O3/c1-22-21(12-10-14(11-13-21)23-25-3)16-8-9-18(24-2)20-19(16)15-6-4-5-7-17(15)26-20/h4-9H,10-13H2,2-3H3. The molecule has 5 heteroatoms. The molecule has 132 valence electrons. The number of para-hydroxylation sites is 1. The number of furan rings is 1. The molecule has 1 aliphatic carbocycles. The van der Waals surface area contributed by atoms with Gasteiger partial charge >= 0.3 is 0 Å². The highest BCUT2D eigenvalue weighted by molar-refractivity contribution is 6.09. The van der Waals surface area contributed by atoms with Gasteiger partial charge in [-0.1, -0.05) is 23.4 Å². The minimum absolute atomic E-state index is 0.579. The van der Waals surface area contributed by atoms with Crippen LogP contribution in [0.15, 0.2) is 46.0 Å². The molecule has 1 fully saturated rings. The first-order chi connectivity index (χ1) is 12.7. The van der Waals surface area contributed by atoms with Crippen LogP contribution >= 0.6 is 0 Å². The maximum Gasteiger partial charge on any atom is 0.259 e. The molecule has 0 radical (unpaired) electrons. The zero-order valence-corrected chi connectivity index (χ0v) is 14.9. The number of fused-ring (bicyclic) bond motifs is 3. The molecule has 5 nitrogen and oxygen atoms in total. The third-order valence-electron chi connectivity index (χ3n) is 5.30. The fraction of sp³-hybridized carbons (Fsp3) is 0.333. The van der Waals surface area contributed by atoms with E-state index >= 15 is 0 Å². The second kappa shape index (κ2) is 6.38. The van der Waals surface area contributed by atoms with E-state index in [1.165, 1.54) is 0 Å². The van der Waals surface area contributed by atoms with Crippen molar-refractivity contribution in [3.05, 3.63) is 53.4 Å². The molecule has 0 atom stereocenters.